The lowest BCUT2D eigenvalue weighted by molar-refractivity contribution is -0.109. The normalized spacial score (nSPS) is 27.4. The van der Waals surface area contributed by atoms with Crippen LogP contribution in [0.5, 0.6) is 0 Å². The third-order valence-electron chi connectivity index (χ3n) is 6.27. The summed E-state index contributed by atoms with van der Waals surface area (Å²) in [4.78, 5) is 4.49. The summed E-state index contributed by atoms with van der Waals surface area (Å²) in [5.74, 6) is -0.285. The van der Waals surface area contributed by atoms with Crippen LogP contribution >= 0.6 is 11.6 Å². The molecule has 5 heteroatoms. The summed E-state index contributed by atoms with van der Waals surface area (Å²) in [7, 11) is 0. The second kappa shape index (κ2) is 8.48. The average Bonchev–Trinajstić information content (AvgIpc) is 3.14. The van der Waals surface area contributed by atoms with E-state index in [1.54, 1.807) is 0 Å². The van der Waals surface area contributed by atoms with E-state index in [4.69, 9.17) is 21.1 Å². The summed E-state index contributed by atoms with van der Waals surface area (Å²) in [6, 6.07) is 11.5. The van der Waals surface area contributed by atoms with E-state index < -0.39 is 0 Å². The standard InChI is InChI=1S/C23H27ClFNO2/c24-19-6-4-18(5-7-19)3-1-2-10-22(21-9-8-20(25)15-26-21)11-14-28-23(16-22)12-13-27-17-23/h4-9,15H,1-3,10-14,16-17H2/t22-,23-/m1/s1. The molecule has 1 spiro atoms. The molecular formula is C23H27ClFNO2. The van der Waals surface area contributed by atoms with Crippen molar-refractivity contribution in [2.24, 2.45) is 0 Å². The summed E-state index contributed by atoms with van der Waals surface area (Å²) >= 11 is 5.98. The minimum absolute atomic E-state index is 0.0698. The van der Waals surface area contributed by atoms with Gasteiger partial charge in [0.1, 0.15) is 5.82 Å². The molecule has 2 atom stereocenters. The van der Waals surface area contributed by atoms with E-state index >= 15 is 0 Å². The summed E-state index contributed by atoms with van der Waals surface area (Å²) < 4.78 is 25.3. The number of hydrogen-bond donors (Lipinski definition) is 0. The zero-order valence-electron chi connectivity index (χ0n) is 16.1. The van der Waals surface area contributed by atoms with Crippen LogP contribution < -0.4 is 0 Å². The van der Waals surface area contributed by atoms with E-state index in [0.717, 1.165) is 62.3 Å². The molecule has 150 valence electrons. The van der Waals surface area contributed by atoms with Crippen LogP contribution in [-0.2, 0) is 21.3 Å². The Morgan fingerprint density at radius 1 is 1.04 bits per heavy atom. The lowest BCUT2D eigenvalue weighted by Gasteiger charge is -2.45. The Labute approximate surface area is 171 Å². The minimum Gasteiger partial charge on any atom is -0.378 e. The number of halogens is 2. The fraction of sp³-hybridized carbons (Fsp3) is 0.522. The molecule has 0 amide bonds. The molecule has 1 aromatic heterocycles. The number of benzene rings is 1. The van der Waals surface area contributed by atoms with Crippen molar-refractivity contribution in [1.82, 2.24) is 4.98 Å². The topological polar surface area (TPSA) is 31.4 Å². The van der Waals surface area contributed by atoms with Crippen molar-refractivity contribution >= 4 is 11.6 Å². The van der Waals surface area contributed by atoms with Crippen molar-refractivity contribution in [3.63, 3.8) is 0 Å². The van der Waals surface area contributed by atoms with E-state index in [9.17, 15) is 4.39 Å². The van der Waals surface area contributed by atoms with Gasteiger partial charge in [-0.15, -0.1) is 0 Å². The van der Waals surface area contributed by atoms with E-state index in [0.29, 0.717) is 13.2 Å². The second-order valence-corrected chi connectivity index (χ2v) is 8.67. The summed E-state index contributed by atoms with van der Waals surface area (Å²) in [6.45, 7) is 2.11. The molecule has 4 rings (SSSR count). The van der Waals surface area contributed by atoms with Crippen LogP contribution in [0.2, 0.25) is 5.02 Å². The predicted molar refractivity (Wildman–Crippen MR) is 108 cm³/mol. The first-order valence-electron chi connectivity index (χ1n) is 10.2. The van der Waals surface area contributed by atoms with Crippen LogP contribution in [0.4, 0.5) is 4.39 Å². The quantitative estimate of drug-likeness (QED) is 0.597. The monoisotopic (exact) mass is 403 g/mol. The molecule has 28 heavy (non-hydrogen) atoms. The van der Waals surface area contributed by atoms with Gasteiger partial charge in [-0.05, 0) is 61.9 Å². The molecule has 2 aromatic rings. The molecule has 0 radical (unpaired) electrons. The van der Waals surface area contributed by atoms with Crippen LogP contribution in [0.3, 0.4) is 0 Å². The van der Waals surface area contributed by atoms with Crippen LogP contribution in [0.1, 0.15) is 49.8 Å². The van der Waals surface area contributed by atoms with Crippen LogP contribution in [0.15, 0.2) is 42.6 Å². The number of hydrogen-bond acceptors (Lipinski definition) is 3. The lowest BCUT2D eigenvalue weighted by Crippen LogP contribution is -2.48. The van der Waals surface area contributed by atoms with Gasteiger partial charge in [0, 0.05) is 35.8 Å². The first-order valence-corrected chi connectivity index (χ1v) is 10.6. The second-order valence-electron chi connectivity index (χ2n) is 8.24. The zero-order valence-corrected chi connectivity index (χ0v) is 16.9. The molecule has 2 aliphatic heterocycles. The number of pyridine rings is 1. The lowest BCUT2D eigenvalue weighted by atomic mass is 9.67. The minimum atomic E-state index is -0.285. The van der Waals surface area contributed by atoms with Crippen molar-refractivity contribution in [1.29, 1.82) is 0 Å². The van der Waals surface area contributed by atoms with E-state index in [1.807, 2.05) is 18.2 Å². The maximum Gasteiger partial charge on any atom is 0.141 e. The van der Waals surface area contributed by atoms with E-state index in [-0.39, 0.29) is 16.8 Å². The highest BCUT2D eigenvalue weighted by Gasteiger charge is 2.49. The summed E-state index contributed by atoms with van der Waals surface area (Å²) in [5.41, 5.74) is 2.03. The Hall–Kier alpha value is -1.49. The SMILES string of the molecule is Fc1ccc([C@]2(CCCCc3ccc(Cl)cc3)CCO[C@]3(CCOC3)C2)nc1. The third kappa shape index (κ3) is 4.40. The van der Waals surface area contributed by atoms with Gasteiger partial charge in [0.25, 0.3) is 0 Å². The van der Waals surface area contributed by atoms with Crippen LogP contribution in [0.25, 0.3) is 0 Å². The Bertz CT molecular complexity index is 774. The Balaban J connectivity index is 1.47. The maximum atomic E-state index is 13.5. The Morgan fingerprint density at radius 2 is 1.89 bits per heavy atom. The van der Waals surface area contributed by atoms with E-state index in [1.165, 1.54) is 17.8 Å². The average molecular weight is 404 g/mol. The smallest absolute Gasteiger partial charge is 0.141 e. The van der Waals surface area contributed by atoms with Gasteiger partial charge in [0.2, 0.25) is 0 Å². The predicted octanol–water partition coefficient (Wildman–Crippen LogP) is 5.49. The highest BCUT2D eigenvalue weighted by molar-refractivity contribution is 6.30. The Morgan fingerprint density at radius 3 is 2.61 bits per heavy atom. The van der Waals surface area contributed by atoms with E-state index in [2.05, 4.69) is 17.1 Å². The molecule has 0 saturated carbocycles. The number of aryl methyl sites for hydroxylation is 1. The molecule has 1 aromatic carbocycles. The molecule has 0 unspecified atom stereocenters. The number of unbranched alkanes of at least 4 members (excludes halogenated alkanes) is 1. The molecule has 0 N–H and O–H groups in total. The van der Waals surface area contributed by atoms with Crippen molar-refractivity contribution in [3.8, 4) is 0 Å². The van der Waals surface area contributed by atoms with Crippen molar-refractivity contribution in [3.05, 3.63) is 64.7 Å². The molecule has 2 fully saturated rings. The van der Waals surface area contributed by atoms with Gasteiger partial charge in [-0.25, -0.2) is 4.39 Å². The molecule has 0 bridgehead atoms. The van der Waals surface area contributed by atoms with Gasteiger partial charge in [-0.2, -0.15) is 0 Å². The van der Waals surface area contributed by atoms with Crippen LogP contribution in [-0.4, -0.2) is 30.4 Å². The molecule has 3 heterocycles. The number of ether oxygens (including phenoxy) is 2. The highest BCUT2D eigenvalue weighted by atomic mass is 35.5. The Kier molecular flexibility index (Phi) is 6.00. The fourth-order valence-corrected chi connectivity index (χ4v) is 4.88. The highest BCUT2D eigenvalue weighted by Crippen LogP contribution is 2.47. The first-order chi connectivity index (χ1) is 13.6. The molecular weight excluding hydrogens is 377 g/mol. The van der Waals surface area contributed by atoms with Gasteiger partial charge >= 0.3 is 0 Å². The fourth-order valence-electron chi connectivity index (χ4n) is 4.75. The maximum absolute atomic E-state index is 13.5. The number of rotatable bonds is 6. The molecule has 2 saturated heterocycles. The summed E-state index contributed by atoms with van der Waals surface area (Å²) in [5, 5.41) is 0.774. The van der Waals surface area contributed by atoms with Gasteiger partial charge in [0.05, 0.1) is 18.4 Å². The number of nitrogens with zero attached hydrogens (tertiary/aromatic N) is 1. The van der Waals surface area contributed by atoms with Gasteiger partial charge in [-0.1, -0.05) is 30.2 Å². The molecule has 0 aliphatic carbocycles. The van der Waals surface area contributed by atoms with Crippen molar-refractivity contribution in [2.45, 2.75) is 56.0 Å². The van der Waals surface area contributed by atoms with Crippen molar-refractivity contribution in [2.75, 3.05) is 19.8 Å². The number of aromatic nitrogens is 1. The largest absolute Gasteiger partial charge is 0.378 e. The first kappa shape index (κ1) is 19.8. The molecule has 3 nitrogen and oxygen atoms in total. The van der Waals surface area contributed by atoms with Gasteiger partial charge in [-0.3, -0.25) is 4.98 Å². The molecule has 2 aliphatic rings. The van der Waals surface area contributed by atoms with Crippen LogP contribution in [0, 0.1) is 5.82 Å². The zero-order chi connectivity index (χ0) is 19.5. The van der Waals surface area contributed by atoms with Gasteiger partial charge in [0.15, 0.2) is 0 Å². The third-order valence-corrected chi connectivity index (χ3v) is 6.52. The summed E-state index contributed by atoms with van der Waals surface area (Å²) in [6.07, 6.45) is 8.37. The van der Waals surface area contributed by atoms with Gasteiger partial charge < -0.3 is 9.47 Å². The van der Waals surface area contributed by atoms with Crippen molar-refractivity contribution < 1.29 is 13.9 Å².